The monoisotopic (exact) mass is 451 g/mol. The van der Waals surface area contributed by atoms with Crippen molar-refractivity contribution >= 4 is 11.8 Å². The van der Waals surface area contributed by atoms with Crippen molar-refractivity contribution in [3.05, 3.63) is 70.8 Å². The molecule has 0 aliphatic carbocycles. The normalized spacial score (nSPS) is 15.5. The van der Waals surface area contributed by atoms with E-state index in [-0.39, 0.29) is 14.0 Å². The summed E-state index contributed by atoms with van der Waals surface area (Å²) in [6, 6.07) is 14.4. The fourth-order valence-electron chi connectivity index (χ4n) is 3.43. The Hall–Kier alpha value is -3.22. The van der Waals surface area contributed by atoms with Crippen LogP contribution in [-0.2, 0) is 11.3 Å². The Kier molecular flexibility index (Phi) is 10.5. The first-order valence-electron chi connectivity index (χ1n) is 10.7. The minimum atomic E-state index is -1.01. The third-order valence-corrected chi connectivity index (χ3v) is 5.30. The van der Waals surface area contributed by atoms with E-state index in [1.54, 1.807) is 24.3 Å². The topological polar surface area (TPSA) is 129 Å². The Bertz CT molecular complexity index is 958. The summed E-state index contributed by atoms with van der Waals surface area (Å²) in [6.45, 7) is 2.81. The van der Waals surface area contributed by atoms with Gasteiger partial charge in [0.1, 0.15) is 6.04 Å². The van der Waals surface area contributed by atoms with Crippen LogP contribution < -0.4 is 27.2 Å². The van der Waals surface area contributed by atoms with Gasteiger partial charge in [0.05, 0.1) is 0 Å². The third kappa shape index (κ3) is 8.00. The van der Waals surface area contributed by atoms with Gasteiger partial charge in [-0.05, 0) is 61.3 Å². The highest BCUT2D eigenvalue weighted by Crippen LogP contribution is 2.07. The molecule has 0 aromatic heterocycles. The van der Waals surface area contributed by atoms with Gasteiger partial charge in [-0.1, -0.05) is 31.4 Å². The summed E-state index contributed by atoms with van der Waals surface area (Å²) < 4.78 is 0. The number of benzene rings is 2. The van der Waals surface area contributed by atoms with Crippen molar-refractivity contribution in [3.8, 4) is 11.8 Å². The van der Waals surface area contributed by atoms with E-state index in [9.17, 15) is 9.59 Å². The molecule has 1 aliphatic heterocycles. The number of hydrogen-bond acceptors (Lipinski definition) is 6. The number of hydrogen-bond donors (Lipinski definition) is 6. The van der Waals surface area contributed by atoms with Crippen molar-refractivity contribution in [2.75, 3.05) is 19.6 Å². The second-order valence-electron chi connectivity index (χ2n) is 7.69. The zero-order valence-corrected chi connectivity index (χ0v) is 17.9. The van der Waals surface area contributed by atoms with E-state index in [1.807, 2.05) is 12.1 Å². The van der Waals surface area contributed by atoms with Crippen molar-refractivity contribution in [2.45, 2.75) is 38.9 Å². The lowest BCUT2D eigenvalue weighted by Crippen LogP contribution is -2.50. The van der Waals surface area contributed by atoms with Crippen LogP contribution in [0.4, 0.5) is 0 Å². The van der Waals surface area contributed by atoms with Gasteiger partial charge < -0.3 is 21.7 Å². The molecule has 1 heterocycles. The molecule has 8 nitrogen and oxygen atoms in total. The van der Waals surface area contributed by atoms with E-state index in [0.29, 0.717) is 11.6 Å². The van der Waals surface area contributed by atoms with Gasteiger partial charge >= 0.3 is 0 Å². The Morgan fingerprint density at radius 2 is 1.73 bits per heavy atom. The van der Waals surface area contributed by atoms with Gasteiger partial charge in [0.15, 0.2) is 0 Å². The number of nitrogens with two attached hydrogens (primary N) is 1. The highest BCUT2D eigenvalue weighted by molar-refractivity contribution is 5.97. The number of hydroxylamine groups is 1. The van der Waals surface area contributed by atoms with E-state index in [2.05, 4.69) is 39.9 Å². The maximum Gasteiger partial charge on any atom is 0.267 e. The summed E-state index contributed by atoms with van der Waals surface area (Å²) in [5.41, 5.74) is 10.2. The van der Waals surface area contributed by atoms with Crippen LogP contribution in [0, 0.1) is 11.8 Å². The smallest absolute Gasteiger partial charge is 0.267 e. The molecule has 33 heavy (non-hydrogen) atoms. The largest absolute Gasteiger partial charge is 0.339 e. The maximum absolute atomic E-state index is 12.2. The zero-order valence-electron chi connectivity index (χ0n) is 17.9. The van der Waals surface area contributed by atoms with E-state index in [4.69, 9.17) is 10.9 Å². The summed E-state index contributed by atoms with van der Waals surface area (Å²) in [6.07, 6.45) is 2.50. The number of nitrogens with one attached hydrogen (secondary N) is 4. The summed E-state index contributed by atoms with van der Waals surface area (Å²) >= 11 is 0. The Labute approximate surface area is 195 Å². The zero-order chi connectivity index (χ0) is 22.8. The molecule has 3 rings (SSSR count). The van der Waals surface area contributed by atoms with Crippen LogP contribution >= 0.6 is 0 Å². The minimum Gasteiger partial charge on any atom is -0.339 e. The van der Waals surface area contributed by atoms with Crippen molar-refractivity contribution in [2.24, 2.45) is 5.73 Å². The summed E-state index contributed by atoms with van der Waals surface area (Å²) in [7, 11) is 0. The van der Waals surface area contributed by atoms with E-state index in [0.717, 1.165) is 30.8 Å². The molecule has 0 bridgehead atoms. The summed E-state index contributed by atoms with van der Waals surface area (Å²) in [4.78, 5) is 23.7. The van der Waals surface area contributed by atoms with Crippen molar-refractivity contribution in [3.63, 3.8) is 0 Å². The second kappa shape index (κ2) is 13.4. The lowest BCUT2D eigenvalue weighted by Gasteiger charge is -2.14. The number of amides is 2. The fraction of sp³-hybridized carbons (Fsp3) is 0.360. The van der Waals surface area contributed by atoms with E-state index < -0.39 is 17.9 Å². The van der Waals surface area contributed by atoms with Crippen LogP contribution in [0.1, 0.15) is 47.3 Å². The van der Waals surface area contributed by atoms with Gasteiger partial charge in [-0.2, -0.15) is 0 Å². The molecule has 2 atom stereocenters. The molecule has 1 fully saturated rings. The highest BCUT2D eigenvalue weighted by Gasteiger charge is 2.19. The molecular formula is C25H33N5O3. The predicted molar refractivity (Wildman–Crippen MR) is 129 cm³/mol. The van der Waals surface area contributed by atoms with Crippen LogP contribution in [0.2, 0.25) is 0 Å². The second-order valence-corrected chi connectivity index (χ2v) is 7.69. The van der Waals surface area contributed by atoms with Crippen molar-refractivity contribution in [1.29, 1.82) is 0 Å². The molecule has 0 spiro atoms. The fourth-order valence-corrected chi connectivity index (χ4v) is 3.43. The Morgan fingerprint density at radius 3 is 2.27 bits per heavy atom. The lowest BCUT2D eigenvalue weighted by atomic mass is 10.1. The summed E-state index contributed by atoms with van der Waals surface area (Å²) in [5.74, 6) is 4.98. The van der Waals surface area contributed by atoms with Crippen LogP contribution in [0.15, 0.2) is 48.5 Å². The van der Waals surface area contributed by atoms with Gasteiger partial charge in [0.25, 0.3) is 11.8 Å². The van der Waals surface area contributed by atoms with Gasteiger partial charge in [-0.3, -0.25) is 14.8 Å². The predicted octanol–water partition coefficient (Wildman–Crippen LogP) is 1.13. The molecule has 7 N–H and O–H groups in total. The van der Waals surface area contributed by atoms with Crippen molar-refractivity contribution in [1.82, 2.24) is 21.4 Å². The Balaban J connectivity index is 0.00000385. The first-order chi connectivity index (χ1) is 15.6. The molecule has 0 radical (unpaired) electrons. The molecule has 1 aliphatic rings. The van der Waals surface area contributed by atoms with Gasteiger partial charge in [-0.15, -0.1) is 0 Å². The number of carbonyl (C=O) groups excluding carboxylic acids is 2. The molecule has 2 aromatic carbocycles. The highest BCUT2D eigenvalue weighted by atomic mass is 16.5. The average Bonchev–Trinajstić information content (AvgIpc) is 3.35. The molecule has 2 amide bonds. The van der Waals surface area contributed by atoms with Crippen LogP contribution in [0.3, 0.4) is 0 Å². The first-order valence-corrected chi connectivity index (χ1v) is 10.7. The molecule has 0 unspecified atom stereocenters. The molecular weight excluding hydrogens is 418 g/mol. The third-order valence-electron chi connectivity index (χ3n) is 5.30. The Morgan fingerprint density at radius 1 is 1.09 bits per heavy atom. The van der Waals surface area contributed by atoms with Gasteiger partial charge in [0.2, 0.25) is 0 Å². The van der Waals surface area contributed by atoms with Gasteiger partial charge in [-0.25, -0.2) is 5.48 Å². The average molecular weight is 452 g/mol. The maximum atomic E-state index is 12.2. The molecule has 0 saturated carbocycles. The first kappa shape index (κ1) is 26.0. The number of rotatable bonds is 8. The van der Waals surface area contributed by atoms with E-state index >= 15 is 0 Å². The van der Waals surface area contributed by atoms with Crippen LogP contribution in [0.5, 0.6) is 0 Å². The molecule has 1 saturated heterocycles. The van der Waals surface area contributed by atoms with Crippen LogP contribution in [0.25, 0.3) is 0 Å². The minimum absolute atomic E-state index is 0. The van der Waals surface area contributed by atoms with E-state index in [1.165, 1.54) is 23.9 Å². The molecule has 2 aromatic rings. The molecule has 176 valence electrons. The SMILES string of the molecule is C.NC[C@H](NC(=O)c1ccc(C#Cc2ccc(CNC[C@@H]3CCCN3)cc2)cc1)C(=O)NO. The number of carbonyl (C=O) groups is 2. The summed E-state index contributed by atoms with van der Waals surface area (Å²) in [5, 5.41) is 18.1. The quantitative estimate of drug-likeness (QED) is 0.203. The van der Waals surface area contributed by atoms with Crippen LogP contribution in [-0.4, -0.2) is 48.7 Å². The van der Waals surface area contributed by atoms with Gasteiger partial charge in [0, 0.05) is 42.4 Å². The lowest BCUT2D eigenvalue weighted by molar-refractivity contribution is -0.130. The van der Waals surface area contributed by atoms with Crippen molar-refractivity contribution < 1.29 is 14.8 Å². The molecule has 8 heteroatoms. The standard InChI is InChI=1S/C24H29N5O3.CH4/c25-14-22(24(31)29-32)28-23(30)20-11-9-18(10-12-20)4-3-17-5-7-19(8-6-17)15-26-16-21-2-1-13-27-21;/h5-12,21-22,26-27,32H,1-2,13-16,25H2,(H,28,30)(H,29,31);1H4/t21-,22-;/m0./s1.